The summed E-state index contributed by atoms with van der Waals surface area (Å²) in [4.78, 5) is 1.32. The molecular weight excluding hydrogens is 190 g/mol. The number of para-hydroxylation sites is 1. The number of thiophene rings is 1. The van der Waals surface area contributed by atoms with Gasteiger partial charge < -0.3 is 5.32 Å². The molecule has 14 heavy (non-hydrogen) atoms. The average Bonchev–Trinajstić information content (AvgIpc) is 2.67. The highest BCUT2D eigenvalue weighted by atomic mass is 32.1. The summed E-state index contributed by atoms with van der Waals surface area (Å²) < 4.78 is 0. The molecule has 0 spiro atoms. The largest absolute Gasteiger partial charge is 0.355 e. The van der Waals surface area contributed by atoms with Crippen LogP contribution in [0.5, 0.6) is 0 Å². The molecule has 3 rings (SSSR count). The number of anilines is 1. The highest BCUT2D eigenvalue weighted by Gasteiger charge is 2.18. The topological polar surface area (TPSA) is 12.0 Å². The molecule has 1 aromatic carbocycles. The van der Waals surface area contributed by atoms with E-state index in [1.54, 1.807) is 11.3 Å². The Kier molecular flexibility index (Phi) is 1.52. The van der Waals surface area contributed by atoms with E-state index < -0.39 is 0 Å². The van der Waals surface area contributed by atoms with Crippen molar-refractivity contribution in [2.75, 3.05) is 5.32 Å². The summed E-state index contributed by atoms with van der Waals surface area (Å²) in [5.74, 6) is 0. The van der Waals surface area contributed by atoms with E-state index in [1.165, 1.54) is 16.0 Å². The maximum atomic E-state index is 4.02. The van der Waals surface area contributed by atoms with Crippen LogP contribution in [0.3, 0.4) is 0 Å². The summed E-state index contributed by atoms with van der Waals surface area (Å²) in [6.07, 6.45) is 0. The Bertz CT molecular complexity index is 511. The first-order valence-electron chi connectivity index (χ1n) is 4.49. The molecule has 0 radical (unpaired) electrons. The van der Waals surface area contributed by atoms with Crippen molar-refractivity contribution in [1.82, 2.24) is 0 Å². The predicted octanol–water partition coefficient (Wildman–Crippen LogP) is 3.81. The Labute approximate surface area is 86.7 Å². The lowest BCUT2D eigenvalue weighted by atomic mass is 10.0. The van der Waals surface area contributed by atoms with Gasteiger partial charge in [0.25, 0.3) is 0 Å². The number of fused-ring (bicyclic) bond motifs is 3. The van der Waals surface area contributed by atoms with E-state index in [0.717, 1.165) is 11.4 Å². The van der Waals surface area contributed by atoms with Crippen LogP contribution < -0.4 is 5.32 Å². The van der Waals surface area contributed by atoms with E-state index >= 15 is 0 Å². The minimum atomic E-state index is 1.000. The Hall–Kier alpha value is -1.54. The van der Waals surface area contributed by atoms with Crippen molar-refractivity contribution in [2.45, 2.75) is 0 Å². The normalized spacial score (nSPS) is 13.0. The van der Waals surface area contributed by atoms with Gasteiger partial charge in [-0.15, -0.1) is 11.3 Å². The van der Waals surface area contributed by atoms with Crippen molar-refractivity contribution in [3.05, 3.63) is 47.9 Å². The molecule has 0 atom stereocenters. The Morgan fingerprint density at radius 1 is 1.07 bits per heavy atom. The summed E-state index contributed by atoms with van der Waals surface area (Å²) in [6.45, 7) is 4.02. The van der Waals surface area contributed by atoms with Gasteiger partial charge in [0, 0.05) is 27.4 Å². The summed E-state index contributed by atoms with van der Waals surface area (Å²) in [6, 6.07) is 10.5. The van der Waals surface area contributed by atoms with Gasteiger partial charge in [0.1, 0.15) is 0 Å². The van der Waals surface area contributed by atoms with Gasteiger partial charge in [0.15, 0.2) is 0 Å². The first-order chi connectivity index (χ1) is 6.86. The minimum absolute atomic E-state index is 1.000. The number of hydrogen-bond donors (Lipinski definition) is 1. The smallest absolute Gasteiger partial charge is 0.0472 e. The first-order valence-corrected chi connectivity index (χ1v) is 5.37. The summed E-state index contributed by atoms with van der Waals surface area (Å²) >= 11 is 1.77. The van der Waals surface area contributed by atoms with Gasteiger partial charge in [0.05, 0.1) is 0 Å². The van der Waals surface area contributed by atoms with Crippen LogP contribution >= 0.6 is 11.3 Å². The molecular formula is C12H9NS. The molecule has 0 saturated carbocycles. The number of hydrogen-bond acceptors (Lipinski definition) is 2. The quantitative estimate of drug-likeness (QED) is 0.680. The standard InChI is InChI=1S/C12H9NS/c1-8-9-6-7-14-12(9)10-4-2-3-5-11(10)13-8/h2-7,13H,1H2. The second-order valence-corrected chi connectivity index (χ2v) is 4.23. The van der Waals surface area contributed by atoms with Gasteiger partial charge in [-0.3, -0.25) is 0 Å². The van der Waals surface area contributed by atoms with Gasteiger partial charge in [0.2, 0.25) is 0 Å². The van der Waals surface area contributed by atoms with E-state index in [2.05, 4.69) is 41.5 Å². The van der Waals surface area contributed by atoms with Crippen LogP contribution in [0.2, 0.25) is 0 Å². The SMILES string of the molecule is C=C1Nc2ccccc2-c2sccc21. The van der Waals surface area contributed by atoms with Crippen molar-refractivity contribution < 1.29 is 0 Å². The van der Waals surface area contributed by atoms with Crippen molar-refractivity contribution in [3.8, 4) is 10.4 Å². The molecule has 0 aliphatic carbocycles. The van der Waals surface area contributed by atoms with E-state index in [1.807, 2.05) is 6.07 Å². The van der Waals surface area contributed by atoms with Gasteiger partial charge in [-0.25, -0.2) is 0 Å². The molecule has 0 fully saturated rings. The maximum absolute atomic E-state index is 4.02. The van der Waals surface area contributed by atoms with Crippen LogP contribution in [0.4, 0.5) is 5.69 Å². The average molecular weight is 199 g/mol. The molecule has 2 heterocycles. The second kappa shape index (κ2) is 2.72. The Morgan fingerprint density at radius 3 is 2.86 bits per heavy atom. The zero-order valence-corrected chi connectivity index (χ0v) is 8.40. The molecule has 1 aromatic heterocycles. The van der Waals surface area contributed by atoms with Crippen molar-refractivity contribution in [1.29, 1.82) is 0 Å². The lowest BCUT2D eigenvalue weighted by molar-refractivity contribution is 1.53. The lowest BCUT2D eigenvalue weighted by Crippen LogP contribution is -2.03. The molecule has 2 aromatic rings. The van der Waals surface area contributed by atoms with Gasteiger partial charge in [-0.1, -0.05) is 24.8 Å². The molecule has 0 saturated heterocycles. The zero-order chi connectivity index (χ0) is 9.54. The van der Waals surface area contributed by atoms with Crippen LogP contribution in [0.15, 0.2) is 42.3 Å². The van der Waals surface area contributed by atoms with Crippen molar-refractivity contribution in [2.24, 2.45) is 0 Å². The third-order valence-corrected chi connectivity index (χ3v) is 3.40. The molecule has 2 heteroatoms. The molecule has 1 aliphatic rings. The van der Waals surface area contributed by atoms with Gasteiger partial charge >= 0.3 is 0 Å². The van der Waals surface area contributed by atoms with Crippen LogP contribution in [-0.4, -0.2) is 0 Å². The minimum Gasteiger partial charge on any atom is -0.355 e. The van der Waals surface area contributed by atoms with Crippen LogP contribution in [0.1, 0.15) is 5.56 Å². The Morgan fingerprint density at radius 2 is 1.93 bits per heavy atom. The Balaban J connectivity index is 2.34. The van der Waals surface area contributed by atoms with E-state index in [-0.39, 0.29) is 0 Å². The second-order valence-electron chi connectivity index (χ2n) is 3.31. The number of rotatable bonds is 0. The van der Waals surface area contributed by atoms with Crippen LogP contribution in [0, 0.1) is 0 Å². The maximum Gasteiger partial charge on any atom is 0.0472 e. The van der Waals surface area contributed by atoms with Gasteiger partial charge in [-0.2, -0.15) is 0 Å². The third kappa shape index (κ3) is 0.946. The molecule has 1 N–H and O–H groups in total. The molecule has 0 amide bonds. The number of benzene rings is 1. The van der Waals surface area contributed by atoms with E-state index in [9.17, 15) is 0 Å². The molecule has 1 nitrogen and oxygen atoms in total. The van der Waals surface area contributed by atoms with Crippen molar-refractivity contribution in [3.63, 3.8) is 0 Å². The first kappa shape index (κ1) is 7.83. The summed E-state index contributed by atoms with van der Waals surface area (Å²) in [7, 11) is 0. The van der Waals surface area contributed by atoms with Crippen molar-refractivity contribution >= 4 is 22.7 Å². The lowest BCUT2D eigenvalue weighted by Gasteiger charge is -2.19. The number of nitrogens with one attached hydrogen (secondary N) is 1. The predicted molar refractivity (Wildman–Crippen MR) is 62.4 cm³/mol. The summed E-state index contributed by atoms with van der Waals surface area (Å²) in [5.41, 5.74) is 4.67. The van der Waals surface area contributed by atoms with E-state index in [4.69, 9.17) is 0 Å². The fraction of sp³-hybridized carbons (Fsp3) is 0. The van der Waals surface area contributed by atoms with Crippen LogP contribution in [-0.2, 0) is 0 Å². The molecule has 0 bridgehead atoms. The highest BCUT2D eigenvalue weighted by molar-refractivity contribution is 7.14. The fourth-order valence-corrected chi connectivity index (χ4v) is 2.74. The van der Waals surface area contributed by atoms with Crippen LogP contribution in [0.25, 0.3) is 16.1 Å². The van der Waals surface area contributed by atoms with Gasteiger partial charge in [-0.05, 0) is 17.5 Å². The molecule has 0 unspecified atom stereocenters. The third-order valence-electron chi connectivity index (χ3n) is 2.45. The molecule has 1 aliphatic heterocycles. The summed E-state index contributed by atoms with van der Waals surface area (Å²) in [5, 5.41) is 5.43. The fourth-order valence-electron chi connectivity index (χ4n) is 1.78. The highest BCUT2D eigenvalue weighted by Crippen LogP contribution is 2.42. The van der Waals surface area contributed by atoms with E-state index in [0.29, 0.717) is 0 Å². The zero-order valence-electron chi connectivity index (χ0n) is 7.58. The molecule has 68 valence electrons. The monoisotopic (exact) mass is 199 g/mol.